The summed E-state index contributed by atoms with van der Waals surface area (Å²) in [5.41, 5.74) is 0. The van der Waals surface area contributed by atoms with E-state index in [9.17, 15) is 9.59 Å². The maximum Gasteiger partial charge on any atom is 0.313 e. The van der Waals surface area contributed by atoms with Crippen molar-refractivity contribution in [1.29, 1.82) is 0 Å². The molecule has 0 aliphatic heterocycles. The van der Waals surface area contributed by atoms with Crippen LogP contribution < -0.4 is 0 Å². The van der Waals surface area contributed by atoms with Gasteiger partial charge in [-0.2, -0.15) is 4.80 Å². The second-order valence-electron chi connectivity index (χ2n) is 2.36. The number of hydrogen-bond acceptors (Lipinski definition) is 6. The van der Waals surface area contributed by atoms with E-state index in [2.05, 4.69) is 20.1 Å². The van der Waals surface area contributed by atoms with Crippen molar-refractivity contribution in [3.8, 4) is 0 Å². The molecule has 1 rings (SSSR count). The third-order valence-electron chi connectivity index (χ3n) is 1.31. The van der Waals surface area contributed by atoms with Crippen molar-refractivity contribution in [3.63, 3.8) is 0 Å². The van der Waals surface area contributed by atoms with Crippen LogP contribution in [0, 0.1) is 0 Å². The molecule has 14 heavy (non-hydrogen) atoms. The van der Waals surface area contributed by atoms with Gasteiger partial charge in [-0.3, -0.25) is 9.59 Å². The van der Waals surface area contributed by atoms with E-state index in [-0.39, 0.29) is 18.8 Å². The van der Waals surface area contributed by atoms with Crippen LogP contribution in [-0.2, 0) is 27.3 Å². The minimum atomic E-state index is -0.415. The summed E-state index contributed by atoms with van der Waals surface area (Å²) in [5, 5.41) is 10.8. The van der Waals surface area contributed by atoms with Gasteiger partial charge in [0.1, 0.15) is 13.0 Å². The van der Waals surface area contributed by atoms with Crippen LogP contribution in [0.1, 0.15) is 12.7 Å². The van der Waals surface area contributed by atoms with Gasteiger partial charge in [-0.05, 0) is 12.1 Å². The molecule has 0 aliphatic rings. The van der Waals surface area contributed by atoms with Crippen molar-refractivity contribution < 1.29 is 14.3 Å². The van der Waals surface area contributed by atoms with E-state index < -0.39 is 5.97 Å². The first kappa shape index (κ1) is 10.3. The Morgan fingerprint density at radius 2 is 2.43 bits per heavy atom. The van der Waals surface area contributed by atoms with E-state index in [4.69, 9.17) is 0 Å². The predicted molar refractivity (Wildman–Crippen MR) is 43.8 cm³/mol. The fraction of sp³-hybridized carbons (Fsp3) is 0.571. The van der Waals surface area contributed by atoms with E-state index in [1.54, 1.807) is 13.2 Å². The maximum atomic E-state index is 11.0. The fourth-order valence-electron chi connectivity index (χ4n) is 0.813. The maximum absolute atomic E-state index is 11.0. The molecule has 1 aromatic rings. The van der Waals surface area contributed by atoms with Gasteiger partial charge in [-0.1, -0.05) is 0 Å². The molecule has 0 unspecified atom stereocenters. The molecule has 0 amide bonds. The molecule has 0 aromatic carbocycles. The molecule has 0 atom stereocenters. The molecule has 75 valence electrons. The number of ether oxygens (including phenoxy) is 1. The predicted octanol–water partition coefficient (Wildman–Crippen LogP) is -1.11. The highest BCUT2D eigenvalue weighted by Gasteiger charge is 2.09. The van der Waals surface area contributed by atoms with Gasteiger partial charge < -0.3 is 4.74 Å². The lowest BCUT2D eigenvalue weighted by atomic mass is 10.4. The molecule has 0 N–H and O–H groups in total. The summed E-state index contributed by atoms with van der Waals surface area (Å²) in [4.78, 5) is 22.0. The molecule has 0 spiro atoms. The Hall–Kier alpha value is -1.79. The van der Waals surface area contributed by atoms with Crippen molar-refractivity contribution >= 4 is 12.3 Å². The summed E-state index contributed by atoms with van der Waals surface area (Å²) in [6.07, 6.45) is 1.57. The second-order valence-corrected chi connectivity index (χ2v) is 2.36. The van der Waals surface area contributed by atoms with E-state index in [1.165, 1.54) is 0 Å². The quantitative estimate of drug-likeness (QED) is 0.556. The van der Waals surface area contributed by atoms with Gasteiger partial charge in [0.2, 0.25) is 6.29 Å². The minimum Gasteiger partial charge on any atom is -0.466 e. The molecule has 7 heteroatoms. The van der Waals surface area contributed by atoms with Crippen LogP contribution in [0.15, 0.2) is 0 Å². The van der Waals surface area contributed by atoms with Crippen molar-refractivity contribution in [2.45, 2.75) is 19.9 Å². The molecule has 0 fully saturated rings. The number of esters is 1. The van der Waals surface area contributed by atoms with Crippen LogP contribution in [-0.4, -0.2) is 39.1 Å². The summed E-state index contributed by atoms with van der Waals surface area (Å²) in [6, 6.07) is 0. The smallest absolute Gasteiger partial charge is 0.313 e. The molecular formula is C7H9N4O3. The van der Waals surface area contributed by atoms with E-state index in [1.807, 2.05) is 0 Å². The summed E-state index contributed by atoms with van der Waals surface area (Å²) in [7, 11) is 0. The number of carbonyl (C=O) groups excluding carboxylic acids is 2. The molecule has 1 radical (unpaired) electrons. The monoisotopic (exact) mass is 197 g/mol. The number of rotatable bonds is 5. The Morgan fingerprint density at radius 1 is 1.64 bits per heavy atom. The van der Waals surface area contributed by atoms with Gasteiger partial charge in [0.15, 0.2) is 5.82 Å². The third kappa shape index (κ3) is 2.92. The molecule has 0 saturated heterocycles. The van der Waals surface area contributed by atoms with Crippen LogP contribution in [0.3, 0.4) is 0 Å². The third-order valence-corrected chi connectivity index (χ3v) is 1.31. The number of carbonyl (C=O) groups is 1. The first-order valence-electron chi connectivity index (χ1n) is 4.03. The standard InChI is InChI=1S/C7H9N4O3/c1-2-14-7(13)5-6-8-10-11(9-6)3-4-12/h2-3,5H2,1H3. The number of tetrazole rings is 1. The average Bonchev–Trinajstić information content (AvgIpc) is 2.53. The van der Waals surface area contributed by atoms with Crippen LogP contribution in [0.4, 0.5) is 0 Å². The van der Waals surface area contributed by atoms with Crippen molar-refractivity contribution in [2.24, 2.45) is 0 Å². The van der Waals surface area contributed by atoms with Gasteiger partial charge in [0.05, 0.1) is 6.61 Å². The molecule has 0 bridgehead atoms. The lowest BCUT2D eigenvalue weighted by Gasteiger charge is -1.96. The van der Waals surface area contributed by atoms with Crippen molar-refractivity contribution in [1.82, 2.24) is 20.2 Å². The van der Waals surface area contributed by atoms with Crippen LogP contribution in [0.25, 0.3) is 0 Å². The Labute approximate surface area is 80.0 Å². The van der Waals surface area contributed by atoms with Crippen LogP contribution in [0.5, 0.6) is 0 Å². The van der Waals surface area contributed by atoms with Crippen LogP contribution in [0.2, 0.25) is 0 Å². The normalized spacial score (nSPS) is 9.79. The summed E-state index contributed by atoms with van der Waals surface area (Å²) >= 11 is 0. The Kier molecular flexibility index (Phi) is 3.71. The van der Waals surface area contributed by atoms with Gasteiger partial charge in [0, 0.05) is 0 Å². The minimum absolute atomic E-state index is 0.0350. The molecule has 0 saturated carbocycles. The summed E-state index contributed by atoms with van der Waals surface area (Å²) < 4.78 is 4.68. The lowest BCUT2D eigenvalue weighted by molar-refractivity contribution is -0.142. The number of hydrogen-bond donors (Lipinski definition) is 0. The zero-order valence-corrected chi connectivity index (χ0v) is 7.63. The first-order chi connectivity index (χ1) is 6.76. The number of aromatic nitrogens is 4. The Bertz CT molecular complexity index is 322. The van der Waals surface area contributed by atoms with Gasteiger partial charge in [-0.15, -0.1) is 10.2 Å². The Morgan fingerprint density at radius 3 is 3.07 bits per heavy atom. The zero-order valence-electron chi connectivity index (χ0n) is 7.63. The van der Waals surface area contributed by atoms with Gasteiger partial charge in [0.25, 0.3) is 0 Å². The van der Waals surface area contributed by atoms with E-state index >= 15 is 0 Å². The first-order valence-corrected chi connectivity index (χ1v) is 4.03. The lowest BCUT2D eigenvalue weighted by Crippen LogP contribution is -2.09. The average molecular weight is 197 g/mol. The van der Waals surface area contributed by atoms with E-state index in [0.717, 1.165) is 4.80 Å². The highest BCUT2D eigenvalue weighted by molar-refractivity contribution is 5.71. The highest BCUT2D eigenvalue weighted by atomic mass is 16.5. The Balaban J connectivity index is 2.50. The molecule has 1 aromatic heterocycles. The topological polar surface area (TPSA) is 87.0 Å². The number of nitrogens with zero attached hydrogens (tertiary/aromatic N) is 4. The highest BCUT2D eigenvalue weighted by Crippen LogP contribution is 1.91. The molecule has 7 nitrogen and oxygen atoms in total. The SMILES string of the molecule is CCOC(=O)Cc1nnn(C[C]=O)n1. The fourth-order valence-corrected chi connectivity index (χ4v) is 0.813. The van der Waals surface area contributed by atoms with Gasteiger partial charge in [-0.25, -0.2) is 0 Å². The van der Waals surface area contributed by atoms with Gasteiger partial charge >= 0.3 is 5.97 Å². The van der Waals surface area contributed by atoms with Crippen molar-refractivity contribution in [2.75, 3.05) is 6.61 Å². The summed E-state index contributed by atoms with van der Waals surface area (Å²) in [6.45, 7) is 1.94. The largest absolute Gasteiger partial charge is 0.466 e. The molecule has 0 aliphatic carbocycles. The molecular weight excluding hydrogens is 188 g/mol. The molecule has 1 heterocycles. The second kappa shape index (κ2) is 5.05. The summed E-state index contributed by atoms with van der Waals surface area (Å²) in [5.74, 6) is -0.180. The van der Waals surface area contributed by atoms with Crippen molar-refractivity contribution in [3.05, 3.63) is 5.82 Å². The van der Waals surface area contributed by atoms with Crippen LogP contribution >= 0.6 is 0 Å². The zero-order chi connectivity index (χ0) is 10.4. The van der Waals surface area contributed by atoms with E-state index in [0.29, 0.717) is 6.61 Å².